The topological polar surface area (TPSA) is 105 Å². The van der Waals surface area contributed by atoms with Gasteiger partial charge in [-0.15, -0.1) is 11.3 Å². The molecule has 0 aliphatic carbocycles. The summed E-state index contributed by atoms with van der Waals surface area (Å²) in [6, 6.07) is 7.41. The van der Waals surface area contributed by atoms with Crippen molar-refractivity contribution in [1.29, 1.82) is 0 Å². The molecule has 2 aromatic heterocycles. The second-order valence-electron chi connectivity index (χ2n) is 7.19. The fraction of sp³-hybridized carbons (Fsp3) is 0.350. The molecule has 1 aliphatic rings. The molecule has 1 aromatic carbocycles. The number of rotatable bonds is 6. The Bertz CT molecular complexity index is 1190. The van der Waals surface area contributed by atoms with E-state index in [1.165, 1.54) is 28.6 Å². The number of hydrogen-bond donors (Lipinski definition) is 1. The SMILES string of the molecule is CCc1nc(-c2csc(S(=O)(=O)N3CCC[C@@H](C(=O)Nc4ccccc4F)C3)c2)no1. The lowest BCUT2D eigenvalue weighted by Crippen LogP contribution is -2.43. The zero-order valence-electron chi connectivity index (χ0n) is 16.7. The lowest BCUT2D eigenvalue weighted by molar-refractivity contribution is -0.120. The molecule has 1 aliphatic heterocycles. The molecule has 3 heterocycles. The second kappa shape index (κ2) is 8.85. The molecule has 0 saturated carbocycles. The number of anilines is 1. The first kappa shape index (κ1) is 21.6. The summed E-state index contributed by atoms with van der Waals surface area (Å²) in [5.41, 5.74) is 0.653. The van der Waals surface area contributed by atoms with Crippen LogP contribution in [0, 0.1) is 11.7 Å². The number of aryl methyl sites for hydroxylation is 1. The van der Waals surface area contributed by atoms with E-state index in [2.05, 4.69) is 15.5 Å². The van der Waals surface area contributed by atoms with Crippen molar-refractivity contribution >= 4 is 33.0 Å². The van der Waals surface area contributed by atoms with Crippen LogP contribution in [0.5, 0.6) is 0 Å². The Morgan fingerprint density at radius 2 is 2.19 bits per heavy atom. The number of piperidine rings is 1. The van der Waals surface area contributed by atoms with E-state index in [1.54, 1.807) is 11.4 Å². The van der Waals surface area contributed by atoms with Crippen LogP contribution in [0.15, 0.2) is 44.4 Å². The highest BCUT2D eigenvalue weighted by Gasteiger charge is 2.34. The smallest absolute Gasteiger partial charge is 0.252 e. The number of hydrogen-bond acceptors (Lipinski definition) is 7. The number of halogens is 1. The maximum Gasteiger partial charge on any atom is 0.252 e. The van der Waals surface area contributed by atoms with Gasteiger partial charge in [-0.25, -0.2) is 12.8 Å². The molecule has 11 heteroatoms. The molecule has 0 spiro atoms. The molecule has 1 amide bonds. The molecule has 4 rings (SSSR count). The number of nitrogens with zero attached hydrogens (tertiary/aromatic N) is 3. The van der Waals surface area contributed by atoms with E-state index in [-0.39, 0.29) is 16.4 Å². The van der Waals surface area contributed by atoms with Crippen LogP contribution in [0.25, 0.3) is 11.4 Å². The second-order valence-corrected chi connectivity index (χ2v) is 10.3. The van der Waals surface area contributed by atoms with Gasteiger partial charge in [0, 0.05) is 30.5 Å². The van der Waals surface area contributed by atoms with Gasteiger partial charge in [-0.05, 0) is 31.0 Å². The standard InChI is InChI=1S/C20H21FN4O4S2/c1-2-17-23-19(24-29-17)14-10-18(30-12-14)31(27,28)25-9-5-6-13(11-25)20(26)22-16-8-4-3-7-15(16)21/h3-4,7-8,10,12-13H,2,5-6,9,11H2,1H3,(H,22,26)/t13-/m1/s1. The minimum atomic E-state index is -3.78. The van der Waals surface area contributed by atoms with Crippen molar-refractivity contribution in [3.8, 4) is 11.4 Å². The monoisotopic (exact) mass is 464 g/mol. The minimum absolute atomic E-state index is 0.0397. The van der Waals surface area contributed by atoms with Crippen LogP contribution in [0.1, 0.15) is 25.7 Å². The summed E-state index contributed by atoms with van der Waals surface area (Å²) in [5, 5.41) is 8.11. The van der Waals surface area contributed by atoms with Gasteiger partial charge in [0.25, 0.3) is 10.0 Å². The maximum absolute atomic E-state index is 13.8. The molecule has 1 N–H and O–H groups in total. The number of nitrogens with one attached hydrogen (secondary N) is 1. The van der Waals surface area contributed by atoms with Crippen molar-refractivity contribution in [2.75, 3.05) is 18.4 Å². The number of para-hydroxylation sites is 1. The molecule has 1 atom stereocenters. The normalized spacial score (nSPS) is 17.5. The third-order valence-corrected chi connectivity index (χ3v) is 8.37. The lowest BCUT2D eigenvalue weighted by atomic mass is 9.98. The highest BCUT2D eigenvalue weighted by Crippen LogP contribution is 2.31. The average Bonchev–Trinajstić information content (AvgIpc) is 3.45. The van der Waals surface area contributed by atoms with Crippen LogP contribution in [-0.4, -0.2) is 41.9 Å². The van der Waals surface area contributed by atoms with Gasteiger partial charge in [0.15, 0.2) is 0 Å². The Hall–Kier alpha value is -2.63. The van der Waals surface area contributed by atoms with Gasteiger partial charge in [-0.2, -0.15) is 9.29 Å². The van der Waals surface area contributed by atoms with Crippen molar-refractivity contribution in [2.45, 2.75) is 30.4 Å². The third kappa shape index (κ3) is 4.53. The van der Waals surface area contributed by atoms with Gasteiger partial charge in [-0.1, -0.05) is 24.2 Å². The van der Waals surface area contributed by atoms with Crippen molar-refractivity contribution in [3.63, 3.8) is 0 Å². The number of thiophene rings is 1. The zero-order chi connectivity index (χ0) is 22.0. The van der Waals surface area contributed by atoms with Gasteiger partial charge in [-0.3, -0.25) is 4.79 Å². The van der Waals surface area contributed by atoms with E-state index in [4.69, 9.17) is 4.52 Å². The first-order valence-corrected chi connectivity index (χ1v) is 12.2. The molecule has 1 saturated heterocycles. The van der Waals surface area contributed by atoms with Crippen LogP contribution < -0.4 is 5.32 Å². The molecule has 0 bridgehead atoms. The zero-order valence-corrected chi connectivity index (χ0v) is 18.4. The number of aromatic nitrogens is 2. The molecule has 0 unspecified atom stereocenters. The third-order valence-electron chi connectivity index (χ3n) is 5.08. The average molecular weight is 465 g/mol. The summed E-state index contributed by atoms with van der Waals surface area (Å²) in [6.45, 7) is 2.25. The fourth-order valence-electron chi connectivity index (χ4n) is 3.38. The van der Waals surface area contributed by atoms with Gasteiger partial charge in [0.05, 0.1) is 11.6 Å². The van der Waals surface area contributed by atoms with Gasteiger partial charge < -0.3 is 9.84 Å². The number of benzene rings is 1. The van der Waals surface area contributed by atoms with Crippen molar-refractivity contribution in [2.24, 2.45) is 5.92 Å². The molecule has 3 aromatic rings. The predicted molar refractivity (Wildman–Crippen MR) is 114 cm³/mol. The van der Waals surface area contributed by atoms with E-state index in [9.17, 15) is 17.6 Å². The van der Waals surface area contributed by atoms with E-state index < -0.39 is 27.7 Å². The van der Waals surface area contributed by atoms with Crippen LogP contribution in [-0.2, 0) is 21.2 Å². The van der Waals surface area contributed by atoms with Crippen molar-refractivity contribution in [1.82, 2.24) is 14.4 Å². The Morgan fingerprint density at radius 1 is 1.39 bits per heavy atom. The van der Waals surface area contributed by atoms with Crippen LogP contribution >= 0.6 is 11.3 Å². The maximum atomic E-state index is 13.8. The van der Waals surface area contributed by atoms with Crippen LogP contribution in [0.3, 0.4) is 0 Å². The number of amides is 1. The van der Waals surface area contributed by atoms with Crippen molar-refractivity contribution < 1.29 is 22.1 Å². The van der Waals surface area contributed by atoms with Gasteiger partial charge >= 0.3 is 0 Å². The molecule has 31 heavy (non-hydrogen) atoms. The number of carbonyl (C=O) groups is 1. The first-order valence-electron chi connectivity index (χ1n) is 9.85. The van der Waals surface area contributed by atoms with Gasteiger partial charge in [0.1, 0.15) is 10.0 Å². The number of carbonyl (C=O) groups excluding carboxylic acids is 1. The summed E-state index contributed by atoms with van der Waals surface area (Å²) in [4.78, 5) is 16.9. The van der Waals surface area contributed by atoms with Gasteiger partial charge in [0.2, 0.25) is 17.6 Å². The van der Waals surface area contributed by atoms with E-state index >= 15 is 0 Å². The molecule has 0 radical (unpaired) electrons. The van der Waals surface area contributed by atoms with Crippen LogP contribution in [0.4, 0.5) is 10.1 Å². The molecule has 1 fully saturated rings. The molecular weight excluding hydrogens is 443 g/mol. The largest absolute Gasteiger partial charge is 0.339 e. The summed E-state index contributed by atoms with van der Waals surface area (Å²) in [7, 11) is -3.78. The fourth-order valence-corrected chi connectivity index (χ4v) is 6.22. The Labute approximate surface area is 183 Å². The molecule has 164 valence electrons. The summed E-state index contributed by atoms with van der Waals surface area (Å²) in [6.07, 6.45) is 1.66. The highest BCUT2D eigenvalue weighted by atomic mass is 32.2. The van der Waals surface area contributed by atoms with Crippen LogP contribution in [0.2, 0.25) is 0 Å². The quantitative estimate of drug-likeness (QED) is 0.598. The molecular formula is C20H21FN4O4S2. The first-order chi connectivity index (χ1) is 14.9. The van der Waals surface area contributed by atoms with E-state index in [1.807, 2.05) is 6.92 Å². The number of sulfonamides is 1. The summed E-state index contributed by atoms with van der Waals surface area (Å²) >= 11 is 1.07. The highest BCUT2D eigenvalue weighted by molar-refractivity contribution is 7.91. The Balaban J connectivity index is 1.48. The van der Waals surface area contributed by atoms with E-state index in [0.29, 0.717) is 43.1 Å². The summed E-state index contributed by atoms with van der Waals surface area (Å²) in [5.74, 6) is -0.668. The van der Waals surface area contributed by atoms with Crippen molar-refractivity contribution in [3.05, 3.63) is 47.4 Å². The summed E-state index contributed by atoms with van der Waals surface area (Å²) < 4.78 is 46.7. The Kier molecular flexibility index (Phi) is 6.17. The predicted octanol–water partition coefficient (Wildman–Crippen LogP) is 3.54. The molecule has 8 nitrogen and oxygen atoms in total. The van der Waals surface area contributed by atoms with E-state index in [0.717, 1.165) is 11.3 Å². The minimum Gasteiger partial charge on any atom is -0.339 e. The lowest BCUT2D eigenvalue weighted by Gasteiger charge is -2.30. The Morgan fingerprint density at radius 3 is 2.94 bits per heavy atom.